The molecule has 0 spiro atoms. The van der Waals surface area contributed by atoms with Crippen LogP contribution in [0, 0.1) is 0 Å². The van der Waals surface area contributed by atoms with Crippen molar-refractivity contribution in [3.8, 4) is 0 Å². The average Bonchev–Trinajstić information content (AvgIpc) is 2.74. The van der Waals surface area contributed by atoms with Crippen LogP contribution < -0.4 is 5.32 Å². The van der Waals surface area contributed by atoms with E-state index in [9.17, 15) is 9.59 Å². The molecule has 0 saturated heterocycles. The maximum Gasteiger partial charge on any atom is 0.254 e. The zero-order chi connectivity index (χ0) is 20.0. The molecule has 2 heterocycles. The first kappa shape index (κ1) is 18.0. The molecule has 0 radical (unpaired) electrons. The summed E-state index contributed by atoms with van der Waals surface area (Å²) < 4.78 is 0. The molecule has 0 saturated carbocycles. The summed E-state index contributed by atoms with van der Waals surface area (Å²) in [5.41, 5.74) is 4.27. The molecule has 0 aliphatic carbocycles. The molecule has 3 aromatic rings. The SMILES string of the molecule is O=C(Nc1cccc(Cl)c1)[C@@H]1c2ccccc2C(=O)N2CCc3ccccc3[C@@H]12. The number of hydrogen-bond donors (Lipinski definition) is 1. The second kappa shape index (κ2) is 7.05. The van der Waals surface area contributed by atoms with Gasteiger partial charge in [-0.3, -0.25) is 9.59 Å². The van der Waals surface area contributed by atoms with Crippen LogP contribution in [0.15, 0.2) is 72.8 Å². The topological polar surface area (TPSA) is 49.4 Å². The lowest BCUT2D eigenvalue weighted by atomic mass is 9.76. The zero-order valence-corrected chi connectivity index (χ0v) is 16.4. The second-order valence-corrected chi connectivity index (χ2v) is 7.89. The van der Waals surface area contributed by atoms with Gasteiger partial charge in [-0.05, 0) is 47.4 Å². The van der Waals surface area contributed by atoms with Crippen LogP contribution in [0.5, 0.6) is 0 Å². The molecule has 0 unspecified atom stereocenters. The maximum absolute atomic E-state index is 13.5. The second-order valence-electron chi connectivity index (χ2n) is 7.46. The number of carbonyl (C=O) groups excluding carboxylic acids is 2. The van der Waals surface area contributed by atoms with Crippen molar-refractivity contribution in [1.82, 2.24) is 4.90 Å². The van der Waals surface area contributed by atoms with Gasteiger partial charge in [0, 0.05) is 22.8 Å². The molecule has 0 bridgehead atoms. The summed E-state index contributed by atoms with van der Waals surface area (Å²) in [5, 5.41) is 3.57. The van der Waals surface area contributed by atoms with Crippen LogP contribution in [0.25, 0.3) is 0 Å². The molecule has 1 N–H and O–H groups in total. The molecular formula is C24H19ClN2O2. The highest BCUT2D eigenvalue weighted by Crippen LogP contribution is 2.46. The van der Waals surface area contributed by atoms with Crippen LogP contribution in [0.1, 0.15) is 39.0 Å². The van der Waals surface area contributed by atoms with Crippen molar-refractivity contribution in [3.63, 3.8) is 0 Å². The largest absolute Gasteiger partial charge is 0.330 e. The summed E-state index contributed by atoms with van der Waals surface area (Å²) in [7, 11) is 0. The van der Waals surface area contributed by atoms with E-state index in [-0.39, 0.29) is 17.9 Å². The summed E-state index contributed by atoms with van der Waals surface area (Å²) in [6.45, 7) is 0.607. The van der Waals surface area contributed by atoms with E-state index >= 15 is 0 Å². The van der Waals surface area contributed by atoms with Crippen LogP contribution in [-0.4, -0.2) is 23.3 Å². The minimum Gasteiger partial charge on any atom is -0.330 e. The third kappa shape index (κ3) is 3.00. The number of anilines is 1. The average molecular weight is 403 g/mol. The number of halogens is 1. The Morgan fingerprint density at radius 3 is 2.55 bits per heavy atom. The number of carbonyl (C=O) groups is 2. The van der Waals surface area contributed by atoms with E-state index in [1.165, 1.54) is 5.56 Å². The van der Waals surface area contributed by atoms with Crippen molar-refractivity contribution in [2.75, 3.05) is 11.9 Å². The van der Waals surface area contributed by atoms with Gasteiger partial charge in [0.2, 0.25) is 5.91 Å². The van der Waals surface area contributed by atoms with Gasteiger partial charge in [0.1, 0.15) is 0 Å². The predicted molar refractivity (Wildman–Crippen MR) is 113 cm³/mol. The lowest BCUT2D eigenvalue weighted by Crippen LogP contribution is -2.49. The molecule has 0 fully saturated rings. The Balaban J connectivity index is 1.63. The van der Waals surface area contributed by atoms with Crippen LogP contribution in [0.2, 0.25) is 5.02 Å². The summed E-state index contributed by atoms with van der Waals surface area (Å²) in [5.74, 6) is -0.643. The molecule has 5 heteroatoms. The Hall–Kier alpha value is -3.11. The fraction of sp³-hybridized carbons (Fsp3) is 0.167. The highest BCUT2D eigenvalue weighted by atomic mass is 35.5. The molecular weight excluding hydrogens is 384 g/mol. The summed E-state index contributed by atoms with van der Waals surface area (Å²) in [6.07, 6.45) is 0.795. The zero-order valence-electron chi connectivity index (χ0n) is 15.6. The van der Waals surface area contributed by atoms with Gasteiger partial charge >= 0.3 is 0 Å². The Labute approximate surface area is 174 Å². The van der Waals surface area contributed by atoms with Crippen molar-refractivity contribution in [3.05, 3.63) is 100 Å². The van der Waals surface area contributed by atoms with Crippen LogP contribution in [0.3, 0.4) is 0 Å². The number of amides is 2. The van der Waals surface area contributed by atoms with E-state index in [0.29, 0.717) is 22.8 Å². The molecule has 2 aliphatic rings. The van der Waals surface area contributed by atoms with Gasteiger partial charge < -0.3 is 10.2 Å². The maximum atomic E-state index is 13.5. The first-order chi connectivity index (χ1) is 14.1. The number of fused-ring (bicyclic) bond motifs is 4. The summed E-state index contributed by atoms with van der Waals surface area (Å²) in [4.78, 5) is 28.6. The van der Waals surface area contributed by atoms with Crippen molar-refractivity contribution in [2.45, 2.75) is 18.4 Å². The van der Waals surface area contributed by atoms with E-state index in [4.69, 9.17) is 11.6 Å². The minimum absolute atomic E-state index is 0.00749. The third-order valence-corrected chi connectivity index (χ3v) is 6.04. The van der Waals surface area contributed by atoms with Crippen molar-refractivity contribution >= 4 is 29.1 Å². The van der Waals surface area contributed by atoms with Crippen molar-refractivity contribution in [1.29, 1.82) is 0 Å². The van der Waals surface area contributed by atoms with E-state index in [1.807, 2.05) is 53.4 Å². The number of nitrogens with one attached hydrogen (secondary N) is 1. The van der Waals surface area contributed by atoms with Crippen LogP contribution >= 0.6 is 11.6 Å². The lowest BCUT2D eigenvalue weighted by molar-refractivity contribution is -0.119. The summed E-state index contributed by atoms with van der Waals surface area (Å²) >= 11 is 6.09. The number of nitrogens with zero attached hydrogens (tertiary/aromatic N) is 1. The van der Waals surface area contributed by atoms with Gasteiger partial charge in [-0.25, -0.2) is 0 Å². The van der Waals surface area contributed by atoms with Crippen molar-refractivity contribution in [2.24, 2.45) is 0 Å². The third-order valence-electron chi connectivity index (χ3n) is 5.81. The summed E-state index contributed by atoms with van der Waals surface area (Å²) in [6, 6.07) is 22.3. The van der Waals surface area contributed by atoms with Crippen LogP contribution in [-0.2, 0) is 11.2 Å². The van der Waals surface area contributed by atoms with Gasteiger partial charge in [-0.1, -0.05) is 60.1 Å². The fourth-order valence-electron chi connectivity index (χ4n) is 4.54. The Kier molecular flexibility index (Phi) is 4.36. The highest BCUT2D eigenvalue weighted by Gasteiger charge is 2.46. The van der Waals surface area contributed by atoms with Gasteiger partial charge in [0.25, 0.3) is 5.91 Å². The number of hydrogen-bond acceptors (Lipinski definition) is 2. The molecule has 5 rings (SSSR count). The number of rotatable bonds is 2. The first-order valence-corrected chi connectivity index (χ1v) is 10.1. The number of benzene rings is 3. The highest BCUT2D eigenvalue weighted by molar-refractivity contribution is 6.30. The molecule has 0 aromatic heterocycles. The fourth-order valence-corrected chi connectivity index (χ4v) is 4.73. The van der Waals surface area contributed by atoms with E-state index in [0.717, 1.165) is 17.5 Å². The quantitative estimate of drug-likeness (QED) is 0.668. The van der Waals surface area contributed by atoms with E-state index in [2.05, 4.69) is 11.4 Å². The minimum atomic E-state index is -0.496. The molecule has 2 amide bonds. The van der Waals surface area contributed by atoms with Gasteiger partial charge in [0.05, 0.1) is 12.0 Å². The monoisotopic (exact) mass is 402 g/mol. The van der Waals surface area contributed by atoms with E-state index < -0.39 is 5.92 Å². The Morgan fingerprint density at radius 1 is 0.966 bits per heavy atom. The first-order valence-electron chi connectivity index (χ1n) is 9.67. The van der Waals surface area contributed by atoms with E-state index in [1.54, 1.807) is 18.2 Å². The van der Waals surface area contributed by atoms with Crippen LogP contribution in [0.4, 0.5) is 5.69 Å². The predicted octanol–water partition coefficient (Wildman–Crippen LogP) is 4.82. The van der Waals surface area contributed by atoms with Gasteiger partial charge in [-0.2, -0.15) is 0 Å². The smallest absolute Gasteiger partial charge is 0.254 e. The van der Waals surface area contributed by atoms with Gasteiger partial charge in [0.15, 0.2) is 0 Å². The standard InChI is InChI=1S/C24H19ClN2O2/c25-16-7-5-8-17(14-16)26-23(28)21-19-10-3-4-11-20(19)24(29)27-13-12-15-6-1-2-9-18(15)22(21)27/h1-11,14,21-22H,12-13H2,(H,26,28)/t21-,22+/m1/s1. The lowest BCUT2D eigenvalue weighted by Gasteiger charge is -2.45. The Morgan fingerprint density at radius 2 is 1.72 bits per heavy atom. The Bertz CT molecular complexity index is 1130. The molecule has 2 atom stereocenters. The van der Waals surface area contributed by atoms with Gasteiger partial charge in [-0.15, -0.1) is 0 Å². The molecule has 29 heavy (non-hydrogen) atoms. The molecule has 2 aliphatic heterocycles. The molecule has 144 valence electrons. The van der Waals surface area contributed by atoms with Crippen molar-refractivity contribution < 1.29 is 9.59 Å². The molecule has 3 aromatic carbocycles. The molecule has 4 nitrogen and oxygen atoms in total. The normalized spacial score (nSPS) is 19.8.